The third-order valence-electron chi connectivity index (χ3n) is 3.26. The second-order valence-electron chi connectivity index (χ2n) is 4.94. The van der Waals surface area contributed by atoms with Crippen LogP contribution >= 0.6 is 0 Å². The summed E-state index contributed by atoms with van der Waals surface area (Å²) in [6, 6.07) is 5.13. The molecule has 0 spiro atoms. The first-order valence-electron chi connectivity index (χ1n) is 6.56. The zero-order valence-corrected chi connectivity index (χ0v) is 10.8. The van der Waals surface area contributed by atoms with Crippen molar-refractivity contribution < 1.29 is 9.18 Å². The fourth-order valence-electron chi connectivity index (χ4n) is 1.98. The summed E-state index contributed by atoms with van der Waals surface area (Å²) in [6.45, 7) is 0.368. The van der Waals surface area contributed by atoms with Gasteiger partial charge in [0.1, 0.15) is 5.82 Å². The fourth-order valence-corrected chi connectivity index (χ4v) is 1.98. The summed E-state index contributed by atoms with van der Waals surface area (Å²) in [6.07, 6.45) is 6.62. The van der Waals surface area contributed by atoms with Gasteiger partial charge in [0, 0.05) is 30.6 Å². The van der Waals surface area contributed by atoms with E-state index < -0.39 is 5.82 Å². The molecule has 1 amide bonds. The predicted octanol–water partition coefficient (Wildman–Crippen LogP) is 2.42. The van der Waals surface area contributed by atoms with E-state index in [9.17, 15) is 9.18 Å². The highest BCUT2D eigenvalue weighted by atomic mass is 19.1. The van der Waals surface area contributed by atoms with Gasteiger partial charge in [-0.25, -0.2) is 4.39 Å². The number of hydrogen-bond donors (Lipinski definition) is 1. The lowest BCUT2D eigenvalue weighted by molar-refractivity contribution is 0.0950. The third kappa shape index (κ3) is 2.99. The lowest BCUT2D eigenvalue weighted by atomic mass is 10.2. The van der Waals surface area contributed by atoms with Gasteiger partial charge in [0.25, 0.3) is 5.91 Å². The van der Waals surface area contributed by atoms with Crippen LogP contribution in [0.3, 0.4) is 0 Å². The van der Waals surface area contributed by atoms with Crippen LogP contribution in [0.2, 0.25) is 0 Å². The minimum Gasteiger partial charge on any atom is -0.348 e. The summed E-state index contributed by atoms with van der Waals surface area (Å²) in [7, 11) is 0. The molecule has 1 aliphatic rings. The largest absolute Gasteiger partial charge is 0.348 e. The van der Waals surface area contributed by atoms with Crippen LogP contribution in [-0.4, -0.2) is 15.9 Å². The Bertz CT molecular complexity index is 623. The normalized spacial score (nSPS) is 14.1. The molecule has 5 heteroatoms. The number of aromatic nitrogens is 2. The van der Waals surface area contributed by atoms with Crippen LogP contribution in [0, 0.1) is 5.82 Å². The molecule has 4 nitrogen and oxygen atoms in total. The van der Waals surface area contributed by atoms with Crippen molar-refractivity contribution in [2.24, 2.45) is 0 Å². The maximum Gasteiger partial charge on any atom is 0.253 e. The molecule has 1 aliphatic carbocycles. The van der Waals surface area contributed by atoms with E-state index in [-0.39, 0.29) is 11.5 Å². The van der Waals surface area contributed by atoms with Crippen LogP contribution in [0.15, 0.2) is 36.8 Å². The van der Waals surface area contributed by atoms with E-state index in [1.165, 1.54) is 19.0 Å². The topological polar surface area (TPSA) is 54.9 Å². The van der Waals surface area contributed by atoms with Crippen LogP contribution in [-0.2, 0) is 6.54 Å². The molecule has 2 aromatic heterocycles. The van der Waals surface area contributed by atoms with Gasteiger partial charge >= 0.3 is 0 Å². The average molecular weight is 271 g/mol. The molecule has 20 heavy (non-hydrogen) atoms. The standard InChI is InChI=1S/C15H14FN3O/c16-13-5-12(8-17-9-13)15(20)19-7-10-1-4-14(18-6-10)11-2-3-11/h1,4-6,8-9,11H,2-3,7H2,(H,19,20). The summed E-state index contributed by atoms with van der Waals surface area (Å²) >= 11 is 0. The molecule has 1 N–H and O–H groups in total. The lowest BCUT2D eigenvalue weighted by Crippen LogP contribution is -2.23. The van der Waals surface area contributed by atoms with E-state index in [0.29, 0.717) is 12.5 Å². The number of nitrogens with zero attached hydrogens (tertiary/aromatic N) is 2. The van der Waals surface area contributed by atoms with Crippen LogP contribution < -0.4 is 5.32 Å². The summed E-state index contributed by atoms with van der Waals surface area (Å²) < 4.78 is 13.0. The Morgan fingerprint density at radius 3 is 2.80 bits per heavy atom. The van der Waals surface area contributed by atoms with Crippen molar-refractivity contribution in [3.05, 3.63) is 59.4 Å². The molecule has 0 radical (unpaired) electrons. The molecule has 0 aromatic carbocycles. The summed E-state index contributed by atoms with van der Waals surface area (Å²) in [5.41, 5.74) is 2.26. The van der Waals surface area contributed by atoms with Crippen molar-refractivity contribution in [2.45, 2.75) is 25.3 Å². The highest BCUT2D eigenvalue weighted by Crippen LogP contribution is 2.38. The van der Waals surface area contributed by atoms with Gasteiger partial charge in [0.2, 0.25) is 0 Å². The average Bonchev–Trinajstić information content (AvgIpc) is 3.30. The zero-order chi connectivity index (χ0) is 13.9. The van der Waals surface area contributed by atoms with E-state index in [4.69, 9.17) is 0 Å². The van der Waals surface area contributed by atoms with Crippen LogP contribution in [0.25, 0.3) is 0 Å². The van der Waals surface area contributed by atoms with Gasteiger partial charge in [-0.05, 0) is 30.5 Å². The zero-order valence-electron chi connectivity index (χ0n) is 10.8. The molecule has 2 heterocycles. The molecule has 1 fully saturated rings. The molecule has 1 saturated carbocycles. The predicted molar refractivity (Wildman–Crippen MR) is 71.6 cm³/mol. The SMILES string of the molecule is O=C(NCc1ccc(C2CC2)nc1)c1cncc(F)c1. The summed E-state index contributed by atoms with van der Waals surface area (Å²) in [5, 5.41) is 2.72. The first-order valence-corrected chi connectivity index (χ1v) is 6.56. The Labute approximate surface area is 116 Å². The van der Waals surface area contributed by atoms with Gasteiger partial charge in [0.15, 0.2) is 0 Å². The lowest BCUT2D eigenvalue weighted by Gasteiger charge is -2.06. The molecular formula is C15H14FN3O. The Morgan fingerprint density at radius 2 is 2.15 bits per heavy atom. The van der Waals surface area contributed by atoms with Gasteiger partial charge in [0.05, 0.1) is 11.8 Å². The van der Waals surface area contributed by atoms with Crippen molar-refractivity contribution in [3.63, 3.8) is 0 Å². The Kier molecular flexibility index (Phi) is 3.41. The smallest absolute Gasteiger partial charge is 0.253 e. The number of hydrogen-bond acceptors (Lipinski definition) is 3. The van der Waals surface area contributed by atoms with Crippen LogP contribution in [0.1, 0.15) is 40.4 Å². The van der Waals surface area contributed by atoms with Crippen LogP contribution in [0.5, 0.6) is 0 Å². The number of pyridine rings is 2. The van der Waals surface area contributed by atoms with Crippen LogP contribution in [0.4, 0.5) is 4.39 Å². The van der Waals surface area contributed by atoms with E-state index in [1.54, 1.807) is 6.20 Å². The van der Waals surface area contributed by atoms with Gasteiger partial charge < -0.3 is 5.32 Å². The quantitative estimate of drug-likeness (QED) is 0.929. The molecule has 3 rings (SSSR count). The second kappa shape index (κ2) is 5.36. The molecule has 0 saturated heterocycles. The van der Waals surface area contributed by atoms with Gasteiger partial charge in [-0.3, -0.25) is 14.8 Å². The van der Waals surface area contributed by atoms with Crippen molar-refractivity contribution in [2.75, 3.05) is 0 Å². The highest BCUT2D eigenvalue weighted by Gasteiger charge is 2.24. The third-order valence-corrected chi connectivity index (χ3v) is 3.26. The first-order chi connectivity index (χ1) is 9.72. The molecule has 0 atom stereocenters. The number of rotatable bonds is 4. The number of amides is 1. The van der Waals surface area contributed by atoms with E-state index in [0.717, 1.165) is 23.5 Å². The van der Waals surface area contributed by atoms with E-state index in [2.05, 4.69) is 15.3 Å². The number of halogens is 1. The molecule has 0 unspecified atom stereocenters. The number of carbonyl (C=O) groups is 1. The summed E-state index contributed by atoms with van der Waals surface area (Å²) in [5.74, 6) is -0.242. The molecule has 0 aliphatic heterocycles. The molecule has 102 valence electrons. The molecular weight excluding hydrogens is 257 g/mol. The Morgan fingerprint density at radius 1 is 1.30 bits per heavy atom. The highest BCUT2D eigenvalue weighted by molar-refractivity contribution is 5.93. The minimum absolute atomic E-state index is 0.215. The fraction of sp³-hybridized carbons (Fsp3) is 0.267. The van der Waals surface area contributed by atoms with Gasteiger partial charge in [-0.2, -0.15) is 0 Å². The number of carbonyl (C=O) groups excluding carboxylic acids is 1. The van der Waals surface area contributed by atoms with Crippen molar-refractivity contribution in [3.8, 4) is 0 Å². The summed E-state index contributed by atoms with van der Waals surface area (Å²) in [4.78, 5) is 19.8. The first kappa shape index (κ1) is 12.7. The second-order valence-corrected chi connectivity index (χ2v) is 4.94. The van der Waals surface area contributed by atoms with Crippen molar-refractivity contribution >= 4 is 5.91 Å². The van der Waals surface area contributed by atoms with E-state index >= 15 is 0 Å². The Hall–Kier alpha value is -2.30. The monoisotopic (exact) mass is 271 g/mol. The minimum atomic E-state index is -0.520. The Balaban J connectivity index is 1.59. The maximum atomic E-state index is 13.0. The maximum absolute atomic E-state index is 13.0. The number of nitrogens with one attached hydrogen (secondary N) is 1. The molecule has 2 aromatic rings. The van der Waals surface area contributed by atoms with Gasteiger partial charge in [-0.15, -0.1) is 0 Å². The van der Waals surface area contributed by atoms with Gasteiger partial charge in [-0.1, -0.05) is 6.07 Å². The van der Waals surface area contributed by atoms with Crippen molar-refractivity contribution in [1.82, 2.24) is 15.3 Å². The van der Waals surface area contributed by atoms with E-state index in [1.807, 2.05) is 12.1 Å². The van der Waals surface area contributed by atoms with Crippen molar-refractivity contribution in [1.29, 1.82) is 0 Å². The molecule has 0 bridgehead atoms.